The third-order valence-electron chi connectivity index (χ3n) is 3.06. The Morgan fingerprint density at radius 3 is 2.62 bits per heavy atom. The SMILES string of the molecule is COc1ccc(COc2ccc(C)nc2CCN)cc1F. The van der Waals surface area contributed by atoms with Gasteiger partial charge in [-0.05, 0) is 43.3 Å². The van der Waals surface area contributed by atoms with E-state index >= 15 is 0 Å². The zero-order valence-electron chi connectivity index (χ0n) is 12.2. The van der Waals surface area contributed by atoms with E-state index in [1.54, 1.807) is 12.1 Å². The Morgan fingerprint density at radius 1 is 1.19 bits per heavy atom. The van der Waals surface area contributed by atoms with Crippen LogP contribution in [0.4, 0.5) is 4.39 Å². The lowest BCUT2D eigenvalue weighted by Gasteiger charge is -2.11. The van der Waals surface area contributed by atoms with Gasteiger partial charge in [0.15, 0.2) is 11.6 Å². The van der Waals surface area contributed by atoms with Crippen molar-refractivity contribution in [1.29, 1.82) is 0 Å². The van der Waals surface area contributed by atoms with Gasteiger partial charge in [0.1, 0.15) is 12.4 Å². The molecule has 1 aromatic carbocycles. The first kappa shape index (κ1) is 15.3. The summed E-state index contributed by atoms with van der Waals surface area (Å²) in [7, 11) is 1.44. The Morgan fingerprint density at radius 2 is 1.95 bits per heavy atom. The fourth-order valence-electron chi connectivity index (χ4n) is 2.01. The maximum atomic E-state index is 13.6. The van der Waals surface area contributed by atoms with Crippen LogP contribution in [-0.4, -0.2) is 18.6 Å². The van der Waals surface area contributed by atoms with Crippen LogP contribution in [0.2, 0.25) is 0 Å². The number of nitrogens with zero attached hydrogens (tertiary/aromatic N) is 1. The smallest absolute Gasteiger partial charge is 0.165 e. The molecule has 0 aliphatic heterocycles. The molecule has 0 saturated heterocycles. The van der Waals surface area contributed by atoms with Gasteiger partial charge >= 0.3 is 0 Å². The van der Waals surface area contributed by atoms with Gasteiger partial charge in [-0.25, -0.2) is 4.39 Å². The van der Waals surface area contributed by atoms with Gasteiger partial charge in [0.2, 0.25) is 0 Å². The minimum Gasteiger partial charge on any atom is -0.494 e. The first-order chi connectivity index (χ1) is 10.1. The molecule has 1 aromatic heterocycles. The third kappa shape index (κ3) is 3.92. The zero-order valence-corrected chi connectivity index (χ0v) is 12.2. The van der Waals surface area contributed by atoms with Crippen LogP contribution in [0.25, 0.3) is 0 Å². The van der Waals surface area contributed by atoms with Gasteiger partial charge in [-0.3, -0.25) is 4.98 Å². The van der Waals surface area contributed by atoms with Crippen LogP contribution in [0.3, 0.4) is 0 Å². The molecule has 0 spiro atoms. The fourth-order valence-corrected chi connectivity index (χ4v) is 2.01. The normalized spacial score (nSPS) is 10.5. The minimum absolute atomic E-state index is 0.222. The molecule has 0 atom stereocenters. The molecule has 0 bridgehead atoms. The van der Waals surface area contributed by atoms with Crippen LogP contribution in [0.5, 0.6) is 11.5 Å². The number of rotatable bonds is 6. The summed E-state index contributed by atoms with van der Waals surface area (Å²) < 4.78 is 24.2. The third-order valence-corrected chi connectivity index (χ3v) is 3.06. The maximum Gasteiger partial charge on any atom is 0.165 e. The average molecular weight is 290 g/mol. The summed E-state index contributed by atoms with van der Waals surface area (Å²) in [5.74, 6) is 0.504. The standard InChI is InChI=1S/C16H19FN2O2/c1-11-3-5-16(14(19-11)7-8-18)21-10-12-4-6-15(20-2)13(17)9-12/h3-6,9H,7-8,10,18H2,1-2H3. The van der Waals surface area contributed by atoms with Crippen LogP contribution in [0, 0.1) is 12.7 Å². The van der Waals surface area contributed by atoms with Gasteiger partial charge < -0.3 is 15.2 Å². The molecule has 5 heteroatoms. The highest BCUT2D eigenvalue weighted by molar-refractivity contribution is 5.32. The number of hydrogen-bond acceptors (Lipinski definition) is 4. The summed E-state index contributed by atoms with van der Waals surface area (Å²) in [6, 6.07) is 8.51. The summed E-state index contributed by atoms with van der Waals surface area (Å²) in [6.45, 7) is 2.69. The van der Waals surface area contributed by atoms with Crippen molar-refractivity contribution in [3.8, 4) is 11.5 Å². The van der Waals surface area contributed by atoms with Crippen molar-refractivity contribution >= 4 is 0 Å². The van der Waals surface area contributed by atoms with E-state index in [-0.39, 0.29) is 12.4 Å². The van der Waals surface area contributed by atoms with Crippen LogP contribution in [-0.2, 0) is 13.0 Å². The first-order valence-electron chi connectivity index (χ1n) is 6.76. The number of pyridine rings is 1. The highest BCUT2D eigenvalue weighted by atomic mass is 19.1. The molecular formula is C16H19FN2O2. The lowest BCUT2D eigenvalue weighted by molar-refractivity contribution is 0.299. The van der Waals surface area contributed by atoms with E-state index in [2.05, 4.69) is 4.98 Å². The second-order valence-electron chi connectivity index (χ2n) is 4.69. The predicted octanol–water partition coefficient (Wildman–Crippen LogP) is 2.62. The molecule has 2 aromatic rings. The van der Waals surface area contributed by atoms with Crippen molar-refractivity contribution in [2.24, 2.45) is 5.73 Å². The van der Waals surface area contributed by atoms with Crippen molar-refractivity contribution in [1.82, 2.24) is 4.98 Å². The Hall–Kier alpha value is -2.14. The molecule has 0 amide bonds. The van der Waals surface area contributed by atoms with Crippen LogP contribution in [0.15, 0.2) is 30.3 Å². The molecule has 0 unspecified atom stereocenters. The largest absolute Gasteiger partial charge is 0.494 e. The van der Waals surface area contributed by atoms with E-state index in [1.165, 1.54) is 13.2 Å². The summed E-state index contributed by atoms with van der Waals surface area (Å²) >= 11 is 0. The molecule has 112 valence electrons. The molecule has 2 N–H and O–H groups in total. The minimum atomic E-state index is -0.400. The Balaban J connectivity index is 2.10. The molecule has 0 aliphatic carbocycles. The summed E-state index contributed by atoms with van der Waals surface area (Å²) in [4.78, 5) is 4.42. The number of hydrogen-bond donors (Lipinski definition) is 1. The lowest BCUT2D eigenvalue weighted by atomic mass is 10.2. The van der Waals surface area contributed by atoms with E-state index < -0.39 is 5.82 Å². The Bertz CT molecular complexity index is 617. The van der Waals surface area contributed by atoms with Crippen molar-refractivity contribution in [3.05, 3.63) is 53.1 Å². The Labute approximate surface area is 123 Å². The van der Waals surface area contributed by atoms with Crippen LogP contribution in [0.1, 0.15) is 17.0 Å². The fraction of sp³-hybridized carbons (Fsp3) is 0.312. The number of ether oxygens (including phenoxy) is 2. The molecular weight excluding hydrogens is 271 g/mol. The molecule has 4 nitrogen and oxygen atoms in total. The predicted molar refractivity (Wildman–Crippen MR) is 79.0 cm³/mol. The van der Waals surface area contributed by atoms with E-state index in [0.29, 0.717) is 18.7 Å². The van der Waals surface area contributed by atoms with Crippen LogP contribution < -0.4 is 15.2 Å². The molecule has 0 aliphatic rings. The maximum absolute atomic E-state index is 13.6. The van der Waals surface area contributed by atoms with Crippen molar-refractivity contribution in [2.75, 3.05) is 13.7 Å². The zero-order chi connectivity index (χ0) is 15.2. The Kier molecular flexibility index (Phi) is 5.11. The van der Waals surface area contributed by atoms with Crippen molar-refractivity contribution in [2.45, 2.75) is 20.0 Å². The topological polar surface area (TPSA) is 57.4 Å². The molecule has 0 fully saturated rings. The molecule has 0 saturated carbocycles. The second-order valence-corrected chi connectivity index (χ2v) is 4.69. The van der Waals surface area contributed by atoms with Crippen molar-refractivity contribution in [3.63, 3.8) is 0 Å². The van der Waals surface area contributed by atoms with E-state index in [4.69, 9.17) is 15.2 Å². The first-order valence-corrected chi connectivity index (χ1v) is 6.76. The molecule has 21 heavy (non-hydrogen) atoms. The number of nitrogens with two attached hydrogens (primary N) is 1. The number of benzene rings is 1. The number of aryl methyl sites for hydroxylation is 1. The van der Waals surface area contributed by atoms with Gasteiger partial charge in [0.05, 0.1) is 12.8 Å². The number of aromatic nitrogens is 1. The van der Waals surface area contributed by atoms with Gasteiger partial charge in [-0.2, -0.15) is 0 Å². The summed E-state index contributed by atoms with van der Waals surface area (Å²) in [6.07, 6.45) is 0.647. The molecule has 2 rings (SSSR count). The molecule has 0 radical (unpaired) electrons. The lowest BCUT2D eigenvalue weighted by Crippen LogP contribution is -2.08. The van der Waals surface area contributed by atoms with E-state index in [0.717, 1.165) is 17.0 Å². The van der Waals surface area contributed by atoms with Gasteiger partial charge in [0, 0.05) is 12.1 Å². The number of halogens is 1. The highest BCUT2D eigenvalue weighted by Gasteiger charge is 2.08. The quantitative estimate of drug-likeness (QED) is 0.888. The monoisotopic (exact) mass is 290 g/mol. The van der Waals surface area contributed by atoms with Gasteiger partial charge in [-0.15, -0.1) is 0 Å². The van der Waals surface area contributed by atoms with Gasteiger partial charge in [-0.1, -0.05) is 6.07 Å². The van der Waals surface area contributed by atoms with Crippen LogP contribution >= 0.6 is 0 Å². The summed E-state index contributed by atoms with van der Waals surface area (Å²) in [5, 5.41) is 0. The highest BCUT2D eigenvalue weighted by Crippen LogP contribution is 2.21. The van der Waals surface area contributed by atoms with E-state index in [9.17, 15) is 4.39 Å². The van der Waals surface area contributed by atoms with Gasteiger partial charge in [0.25, 0.3) is 0 Å². The molecule has 1 heterocycles. The average Bonchev–Trinajstić information content (AvgIpc) is 2.47. The summed E-state index contributed by atoms with van der Waals surface area (Å²) in [5.41, 5.74) is 8.05. The van der Waals surface area contributed by atoms with Crippen molar-refractivity contribution < 1.29 is 13.9 Å². The second kappa shape index (κ2) is 7.04. The van der Waals surface area contributed by atoms with E-state index in [1.807, 2.05) is 19.1 Å². The number of methoxy groups -OCH3 is 1.